The van der Waals surface area contributed by atoms with Gasteiger partial charge >= 0.3 is 0 Å². The number of hydrogen-bond donors (Lipinski definition) is 2. The molecule has 1 heterocycles. The summed E-state index contributed by atoms with van der Waals surface area (Å²) in [6.45, 7) is 0.295. The van der Waals surface area contributed by atoms with E-state index in [-0.39, 0.29) is 23.9 Å². The molecule has 0 aromatic heterocycles. The van der Waals surface area contributed by atoms with Gasteiger partial charge in [-0.3, -0.25) is 19.7 Å². The van der Waals surface area contributed by atoms with Crippen LogP contribution in [0, 0.1) is 16.0 Å². The van der Waals surface area contributed by atoms with E-state index in [1.165, 1.54) is 12.1 Å². The lowest BCUT2D eigenvalue weighted by molar-refractivity contribution is -0.385. The maximum absolute atomic E-state index is 11.8. The Morgan fingerprint density at radius 3 is 2.84 bits per heavy atom. The van der Waals surface area contributed by atoms with Crippen LogP contribution in [0.3, 0.4) is 0 Å². The van der Waals surface area contributed by atoms with Crippen molar-refractivity contribution in [3.63, 3.8) is 0 Å². The predicted molar refractivity (Wildman–Crippen MR) is 70.5 cm³/mol. The third-order valence-corrected chi connectivity index (χ3v) is 3.43. The van der Waals surface area contributed by atoms with Crippen LogP contribution in [0.15, 0.2) is 22.7 Å². The van der Waals surface area contributed by atoms with Gasteiger partial charge in [0.1, 0.15) is 0 Å². The van der Waals surface area contributed by atoms with Crippen LogP contribution < -0.4 is 10.6 Å². The van der Waals surface area contributed by atoms with Gasteiger partial charge in [0.05, 0.1) is 15.3 Å². The highest BCUT2D eigenvalue weighted by atomic mass is 79.9. The van der Waals surface area contributed by atoms with Crippen molar-refractivity contribution in [2.24, 2.45) is 5.92 Å². The minimum Gasteiger partial charge on any atom is -0.355 e. The Bertz CT molecular complexity index is 561. The summed E-state index contributed by atoms with van der Waals surface area (Å²) in [7, 11) is 0. The van der Waals surface area contributed by atoms with Gasteiger partial charge in [-0.15, -0.1) is 0 Å². The van der Waals surface area contributed by atoms with Crippen molar-refractivity contribution < 1.29 is 14.5 Å². The Balaban J connectivity index is 2.11. The minimum absolute atomic E-state index is 0.126. The summed E-state index contributed by atoms with van der Waals surface area (Å²) in [6, 6.07) is 4.32. The highest BCUT2D eigenvalue weighted by Crippen LogP contribution is 2.28. The second-order valence-corrected chi connectivity index (χ2v) is 4.97. The third-order valence-electron chi connectivity index (χ3n) is 2.76. The molecule has 2 N–H and O–H groups in total. The summed E-state index contributed by atoms with van der Waals surface area (Å²) in [4.78, 5) is 33.1. The molecule has 1 unspecified atom stereocenters. The molecular formula is C11H10BrN3O4. The van der Waals surface area contributed by atoms with E-state index >= 15 is 0 Å². The monoisotopic (exact) mass is 327 g/mol. The van der Waals surface area contributed by atoms with E-state index in [0.29, 0.717) is 16.7 Å². The predicted octanol–water partition coefficient (Wildman–Crippen LogP) is 1.43. The van der Waals surface area contributed by atoms with Gasteiger partial charge in [-0.05, 0) is 28.1 Å². The lowest BCUT2D eigenvalue weighted by Crippen LogP contribution is -2.24. The van der Waals surface area contributed by atoms with Gasteiger partial charge < -0.3 is 10.6 Å². The zero-order valence-corrected chi connectivity index (χ0v) is 11.3. The molecule has 8 heteroatoms. The Morgan fingerprint density at radius 2 is 2.26 bits per heavy atom. The molecule has 1 fully saturated rings. The summed E-state index contributed by atoms with van der Waals surface area (Å²) in [6.07, 6.45) is 0.143. The van der Waals surface area contributed by atoms with Gasteiger partial charge in [-0.1, -0.05) is 0 Å². The van der Waals surface area contributed by atoms with Crippen molar-refractivity contribution >= 4 is 39.1 Å². The van der Waals surface area contributed by atoms with Crippen molar-refractivity contribution in [2.45, 2.75) is 6.42 Å². The number of benzene rings is 1. The number of carbonyl (C=O) groups is 2. The fourth-order valence-electron chi connectivity index (χ4n) is 1.77. The minimum atomic E-state index is -0.541. The number of nitrogens with zero attached hydrogens (tertiary/aromatic N) is 1. The van der Waals surface area contributed by atoms with Gasteiger partial charge in [-0.2, -0.15) is 0 Å². The van der Waals surface area contributed by atoms with E-state index in [0.717, 1.165) is 0 Å². The van der Waals surface area contributed by atoms with E-state index in [9.17, 15) is 19.7 Å². The first-order valence-electron chi connectivity index (χ1n) is 5.49. The third kappa shape index (κ3) is 3.08. The van der Waals surface area contributed by atoms with Crippen LogP contribution in [0.2, 0.25) is 0 Å². The lowest BCUT2D eigenvalue weighted by Gasteiger charge is -2.09. The second-order valence-electron chi connectivity index (χ2n) is 4.12. The van der Waals surface area contributed by atoms with Gasteiger partial charge in [-0.25, -0.2) is 0 Å². The summed E-state index contributed by atoms with van der Waals surface area (Å²) >= 11 is 3.06. The van der Waals surface area contributed by atoms with Gasteiger partial charge in [0.15, 0.2) is 0 Å². The Labute approximate surface area is 116 Å². The smallest absolute Gasteiger partial charge is 0.285 e. The molecular weight excluding hydrogens is 318 g/mol. The van der Waals surface area contributed by atoms with Crippen molar-refractivity contribution in [1.29, 1.82) is 0 Å². The van der Waals surface area contributed by atoms with E-state index in [4.69, 9.17) is 0 Å². The number of nitrogens with one attached hydrogen (secondary N) is 2. The molecule has 0 aliphatic carbocycles. The van der Waals surface area contributed by atoms with Crippen molar-refractivity contribution in [3.05, 3.63) is 32.8 Å². The molecule has 100 valence electrons. The largest absolute Gasteiger partial charge is 0.355 e. The van der Waals surface area contributed by atoms with Crippen LogP contribution in [0.4, 0.5) is 11.4 Å². The van der Waals surface area contributed by atoms with E-state index in [1.807, 2.05) is 0 Å². The number of nitro benzene ring substituents is 1. The highest BCUT2D eigenvalue weighted by Gasteiger charge is 2.28. The summed E-state index contributed by atoms with van der Waals surface area (Å²) in [5.41, 5.74) is 0.206. The van der Waals surface area contributed by atoms with Crippen molar-refractivity contribution in [3.8, 4) is 0 Å². The number of nitro groups is 1. The number of halogens is 1. The summed E-state index contributed by atoms with van der Waals surface area (Å²) in [5, 5.41) is 15.9. The van der Waals surface area contributed by atoms with Crippen LogP contribution in [-0.2, 0) is 9.59 Å². The maximum Gasteiger partial charge on any atom is 0.285 e. The molecule has 1 atom stereocenters. The Morgan fingerprint density at radius 1 is 1.53 bits per heavy atom. The molecule has 1 aliphatic rings. The first-order valence-corrected chi connectivity index (χ1v) is 6.28. The first-order chi connectivity index (χ1) is 8.97. The zero-order chi connectivity index (χ0) is 14.0. The summed E-state index contributed by atoms with van der Waals surface area (Å²) in [5.74, 6) is -0.924. The Kier molecular flexibility index (Phi) is 3.79. The van der Waals surface area contributed by atoms with E-state index in [2.05, 4.69) is 26.6 Å². The molecule has 7 nitrogen and oxygen atoms in total. The number of anilines is 1. The molecule has 0 radical (unpaired) electrons. The highest BCUT2D eigenvalue weighted by molar-refractivity contribution is 9.10. The standard InChI is InChI=1S/C11H10BrN3O4/c12-8-2-1-7(4-9(8)15(18)19)14-11(17)6-3-10(16)13-5-6/h1-2,4,6H,3,5H2,(H,13,16)(H,14,17). The molecule has 1 saturated heterocycles. The summed E-state index contributed by atoms with van der Waals surface area (Å²) < 4.78 is 0.341. The van der Waals surface area contributed by atoms with Crippen LogP contribution >= 0.6 is 15.9 Å². The Hall–Kier alpha value is -1.96. The molecule has 2 amide bonds. The average molecular weight is 328 g/mol. The number of amides is 2. The molecule has 0 spiro atoms. The topological polar surface area (TPSA) is 101 Å². The molecule has 19 heavy (non-hydrogen) atoms. The normalized spacial score (nSPS) is 17.9. The van der Waals surface area contributed by atoms with Gasteiger partial charge in [0.2, 0.25) is 11.8 Å². The van der Waals surface area contributed by atoms with E-state index in [1.54, 1.807) is 6.07 Å². The molecule has 0 bridgehead atoms. The van der Waals surface area contributed by atoms with Crippen LogP contribution in [-0.4, -0.2) is 23.3 Å². The fourth-order valence-corrected chi connectivity index (χ4v) is 2.16. The van der Waals surface area contributed by atoms with Crippen molar-refractivity contribution in [2.75, 3.05) is 11.9 Å². The van der Waals surface area contributed by atoms with Gasteiger partial charge in [0, 0.05) is 24.7 Å². The SMILES string of the molecule is O=C1CC(C(=O)Nc2ccc(Br)c([N+](=O)[O-])c2)CN1. The average Bonchev–Trinajstić information content (AvgIpc) is 2.78. The van der Waals surface area contributed by atoms with E-state index < -0.39 is 10.8 Å². The zero-order valence-electron chi connectivity index (χ0n) is 9.68. The second kappa shape index (κ2) is 5.35. The van der Waals surface area contributed by atoms with Crippen LogP contribution in [0.25, 0.3) is 0 Å². The number of carbonyl (C=O) groups excluding carboxylic acids is 2. The molecule has 0 saturated carbocycles. The molecule has 1 aliphatic heterocycles. The molecule has 1 aromatic carbocycles. The lowest BCUT2D eigenvalue weighted by atomic mass is 10.1. The maximum atomic E-state index is 11.8. The van der Waals surface area contributed by atoms with Crippen LogP contribution in [0.1, 0.15) is 6.42 Å². The number of rotatable bonds is 3. The molecule has 2 rings (SSSR count). The first kappa shape index (κ1) is 13.5. The van der Waals surface area contributed by atoms with Crippen LogP contribution in [0.5, 0.6) is 0 Å². The quantitative estimate of drug-likeness (QED) is 0.647. The fraction of sp³-hybridized carbons (Fsp3) is 0.273. The van der Waals surface area contributed by atoms with Crippen molar-refractivity contribution in [1.82, 2.24) is 5.32 Å². The van der Waals surface area contributed by atoms with Gasteiger partial charge in [0.25, 0.3) is 5.69 Å². The molecule has 1 aromatic rings. The number of hydrogen-bond acceptors (Lipinski definition) is 4.